The van der Waals surface area contributed by atoms with E-state index in [-0.39, 0.29) is 28.2 Å². The highest BCUT2D eigenvalue weighted by Crippen LogP contribution is 2.31. The summed E-state index contributed by atoms with van der Waals surface area (Å²) in [5.74, 6) is 0.211. The summed E-state index contributed by atoms with van der Waals surface area (Å²) in [4.78, 5) is 19.4. The predicted molar refractivity (Wildman–Crippen MR) is 98.0 cm³/mol. The second-order valence-corrected chi connectivity index (χ2v) is 6.53. The van der Waals surface area contributed by atoms with Crippen molar-refractivity contribution in [3.05, 3.63) is 76.1 Å². The van der Waals surface area contributed by atoms with Crippen LogP contribution in [0, 0.1) is 5.82 Å². The normalized spacial score (nSPS) is 13.1. The van der Waals surface area contributed by atoms with Crippen molar-refractivity contribution in [1.29, 1.82) is 0 Å². The van der Waals surface area contributed by atoms with Gasteiger partial charge in [0.15, 0.2) is 11.6 Å². The minimum Gasteiger partial charge on any atom is -0.454 e. The first-order valence-corrected chi connectivity index (χ1v) is 8.71. The molecule has 0 bridgehead atoms. The van der Waals surface area contributed by atoms with Crippen LogP contribution in [0.2, 0.25) is 0 Å². The third kappa shape index (κ3) is 2.77. The second-order valence-electron chi connectivity index (χ2n) is 6.53. The summed E-state index contributed by atoms with van der Waals surface area (Å²) < 4.78 is 21.7. The second kappa shape index (κ2) is 6.05. The van der Waals surface area contributed by atoms with Crippen molar-refractivity contribution in [2.45, 2.75) is 19.3 Å². The van der Waals surface area contributed by atoms with Gasteiger partial charge in [0.05, 0.1) is 10.9 Å². The van der Waals surface area contributed by atoms with E-state index in [0.29, 0.717) is 5.75 Å². The summed E-state index contributed by atoms with van der Waals surface area (Å²) in [6, 6.07) is 10.1. The van der Waals surface area contributed by atoms with E-state index >= 15 is 0 Å². The molecule has 1 aliphatic rings. The predicted octanol–water partition coefficient (Wildman–Crippen LogP) is 3.53. The van der Waals surface area contributed by atoms with Crippen LogP contribution < -0.4 is 10.3 Å². The molecule has 0 amide bonds. The fourth-order valence-corrected chi connectivity index (χ4v) is 3.45. The van der Waals surface area contributed by atoms with Crippen LogP contribution in [0.5, 0.6) is 11.5 Å². The number of rotatable bonds is 3. The molecule has 0 atom stereocenters. The van der Waals surface area contributed by atoms with Crippen molar-refractivity contribution in [3.8, 4) is 17.4 Å². The zero-order valence-electron chi connectivity index (χ0n) is 14.3. The Morgan fingerprint density at radius 1 is 1.15 bits per heavy atom. The Labute approximate surface area is 153 Å². The van der Waals surface area contributed by atoms with E-state index < -0.39 is 5.82 Å². The van der Waals surface area contributed by atoms with Crippen LogP contribution in [0.25, 0.3) is 16.9 Å². The molecular formula is C20H15FN4O2. The van der Waals surface area contributed by atoms with Gasteiger partial charge in [0.2, 0.25) is 5.95 Å². The topological polar surface area (TPSA) is 72.8 Å². The number of benzene rings is 2. The first-order valence-electron chi connectivity index (χ1n) is 8.71. The highest BCUT2D eigenvalue weighted by Gasteiger charge is 2.15. The molecule has 0 aliphatic heterocycles. The smallest absolute Gasteiger partial charge is 0.260 e. The molecule has 0 unspecified atom stereocenters. The summed E-state index contributed by atoms with van der Waals surface area (Å²) >= 11 is 0. The minimum atomic E-state index is -0.576. The first kappa shape index (κ1) is 15.7. The van der Waals surface area contributed by atoms with Gasteiger partial charge in [0, 0.05) is 18.5 Å². The van der Waals surface area contributed by atoms with Crippen LogP contribution in [0.3, 0.4) is 0 Å². The van der Waals surface area contributed by atoms with Gasteiger partial charge in [0.1, 0.15) is 5.75 Å². The average molecular weight is 362 g/mol. The summed E-state index contributed by atoms with van der Waals surface area (Å²) in [6.07, 6.45) is 6.42. The number of hydrogen-bond donors (Lipinski definition) is 1. The Hall–Kier alpha value is -3.48. The third-order valence-electron chi connectivity index (χ3n) is 4.77. The van der Waals surface area contributed by atoms with Gasteiger partial charge in [0.25, 0.3) is 5.56 Å². The number of nitrogens with one attached hydrogen (secondary N) is 1. The average Bonchev–Trinajstić information content (AvgIpc) is 3.34. The number of H-pyrrole nitrogens is 1. The van der Waals surface area contributed by atoms with E-state index in [1.165, 1.54) is 27.9 Å². The number of aryl methyl sites for hydroxylation is 2. The van der Waals surface area contributed by atoms with E-state index in [1.54, 1.807) is 18.5 Å². The molecule has 6 nitrogen and oxygen atoms in total. The SMILES string of the molecule is O=c1[nH]c(-n2cccn2)nc2cc(F)c(Oc3ccc4c(c3)CCC4)cc12. The van der Waals surface area contributed by atoms with Crippen LogP contribution in [0.15, 0.2) is 53.6 Å². The Bertz CT molecular complexity index is 1210. The largest absolute Gasteiger partial charge is 0.454 e. The first-order chi connectivity index (χ1) is 13.2. The maximum Gasteiger partial charge on any atom is 0.260 e. The lowest BCUT2D eigenvalue weighted by atomic mass is 10.1. The molecule has 2 heterocycles. The van der Waals surface area contributed by atoms with E-state index in [2.05, 4.69) is 15.1 Å². The van der Waals surface area contributed by atoms with Crippen LogP contribution in [0.1, 0.15) is 17.5 Å². The van der Waals surface area contributed by atoms with Gasteiger partial charge in [-0.25, -0.2) is 14.1 Å². The Kier molecular flexibility index (Phi) is 3.53. The number of halogens is 1. The molecule has 0 saturated carbocycles. The number of fused-ring (bicyclic) bond motifs is 2. The van der Waals surface area contributed by atoms with Gasteiger partial charge in [-0.1, -0.05) is 6.07 Å². The lowest BCUT2D eigenvalue weighted by Gasteiger charge is -2.10. The zero-order valence-corrected chi connectivity index (χ0v) is 14.3. The molecular weight excluding hydrogens is 347 g/mol. The lowest BCUT2D eigenvalue weighted by molar-refractivity contribution is 0.443. The van der Waals surface area contributed by atoms with E-state index in [4.69, 9.17) is 4.74 Å². The van der Waals surface area contributed by atoms with Gasteiger partial charge < -0.3 is 4.74 Å². The molecule has 0 radical (unpaired) electrons. The molecule has 0 saturated heterocycles. The third-order valence-corrected chi connectivity index (χ3v) is 4.77. The molecule has 1 aliphatic carbocycles. The maximum atomic E-state index is 14.6. The number of nitrogens with zero attached hydrogens (tertiary/aromatic N) is 3. The molecule has 27 heavy (non-hydrogen) atoms. The van der Waals surface area contributed by atoms with Crippen molar-refractivity contribution in [2.75, 3.05) is 0 Å². The van der Waals surface area contributed by atoms with E-state index in [9.17, 15) is 9.18 Å². The fourth-order valence-electron chi connectivity index (χ4n) is 3.45. The molecule has 2 aromatic carbocycles. The Morgan fingerprint density at radius 3 is 2.89 bits per heavy atom. The molecule has 1 N–H and O–H groups in total. The molecule has 0 fully saturated rings. The van der Waals surface area contributed by atoms with Gasteiger partial charge in [-0.05, 0) is 54.7 Å². The van der Waals surface area contributed by atoms with Gasteiger partial charge in [-0.2, -0.15) is 5.10 Å². The molecule has 2 aromatic heterocycles. The van der Waals surface area contributed by atoms with Crippen molar-refractivity contribution in [2.24, 2.45) is 0 Å². The van der Waals surface area contributed by atoms with Gasteiger partial charge in [-0.15, -0.1) is 0 Å². The van der Waals surface area contributed by atoms with Crippen molar-refractivity contribution >= 4 is 10.9 Å². The van der Waals surface area contributed by atoms with Gasteiger partial charge >= 0.3 is 0 Å². The van der Waals surface area contributed by atoms with Crippen molar-refractivity contribution in [3.63, 3.8) is 0 Å². The summed E-state index contributed by atoms with van der Waals surface area (Å²) in [5, 5.41) is 4.28. The number of aromatic amines is 1. The highest BCUT2D eigenvalue weighted by molar-refractivity contribution is 5.80. The molecule has 5 rings (SSSR count). The van der Waals surface area contributed by atoms with Crippen molar-refractivity contribution in [1.82, 2.24) is 19.7 Å². The monoisotopic (exact) mass is 362 g/mol. The van der Waals surface area contributed by atoms with Crippen LogP contribution in [-0.2, 0) is 12.8 Å². The molecule has 4 aromatic rings. The number of aromatic nitrogens is 4. The quantitative estimate of drug-likeness (QED) is 0.605. The number of hydrogen-bond acceptors (Lipinski definition) is 4. The lowest BCUT2D eigenvalue weighted by Crippen LogP contribution is -2.14. The van der Waals surface area contributed by atoms with Crippen LogP contribution in [0.4, 0.5) is 4.39 Å². The minimum absolute atomic E-state index is 0.000383. The standard InChI is InChI=1S/C20H15FN4O2/c21-16-11-17-15(19(26)24-20(23-17)25-8-2-7-22-25)10-18(16)27-14-6-5-12-3-1-4-13(12)9-14/h2,5-11H,1,3-4H2,(H,23,24,26). The van der Waals surface area contributed by atoms with E-state index in [0.717, 1.165) is 19.3 Å². The molecule has 7 heteroatoms. The fraction of sp³-hybridized carbons (Fsp3) is 0.150. The summed E-state index contributed by atoms with van der Waals surface area (Å²) in [7, 11) is 0. The zero-order chi connectivity index (χ0) is 18.4. The van der Waals surface area contributed by atoms with Crippen molar-refractivity contribution < 1.29 is 9.13 Å². The molecule has 0 spiro atoms. The Balaban J connectivity index is 1.56. The number of ether oxygens (including phenoxy) is 1. The van der Waals surface area contributed by atoms with Crippen LogP contribution >= 0.6 is 0 Å². The summed E-state index contributed by atoms with van der Waals surface area (Å²) in [6.45, 7) is 0. The summed E-state index contributed by atoms with van der Waals surface area (Å²) in [5.41, 5.74) is 2.40. The molecule has 134 valence electrons. The Morgan fingerprint density at radius 2 is 2.04 bits per heavy atom. The van der Waals surface area contributed by atoms with E-state index in [1.807, 2.05) is 18.2 Å². The maximum absolute atomic E-state index is 14.6. The van der Waals surface area contributed by atoms with Gasteiger partial charge in [-0.3, -0.25) is 9.78 Å². The van der Waals surface area contributed by atoms with Crippen LogP contribution in [-0.4, -0.2) is 19.7 Å². The highest BCUT2D eigenvalue weighted by atomic mass is 19.1.